The summed E-state index contributed by atoms with van der Waals surface area (Å²) in [6, 6.07) is 8.15. The van der Waals surface area contributed by atoms with Crippen LogP contribution in [0.1, 0.15) is 11.1 Å². The second-order valence-electron chi connectivity index (χ2n) is 4.74. The summed E-state index contributed by atoms with van der Waals surface area (Å²) >= 11 is 0. The molecule has 0 aliphatic carbocycles. The van der Waals surface area contributed by atoms with Gasteiger partial charge in [-0.1, -0.05) is 12.1 Å². The van der Waals surface area contributed by atoms with Crippen molar-refractivity contribution in [2.24, 2.45) is 0 Å². The minimum Gasteiger partial charge on any atom is -0.504 e. The summed E-state index contributed by atoms with van der Waals surface area (Å²) in [6.07, 6.45) is 2.27. The largest absolute Gasteiger partial charge is 0.504 e. The maximum absolute atomic E-state index is 9.76. The Morgan fingerprint density at radius 1 is 1.10 bits per heavy atom. The van der Waals surface area contributed by atoms with Crippen molar-refractivity contribution in [3.8, 4) is 28.7 Å². The van der Waals surface area contributed by atoms with Gasteiger partial charge in [-0.05, 0) is 29.8 Å². The zero-order valence-electron chi connectivity index (χ0n) is 11.3. The normalized spacial score (nSPS) is 14.8. The van der Waals surface area contributed by atoms with Crippen molar-refractivity contribution in [2.45, 2.75) is 6.42 Å². The van der Waals surface area contributed by atoms with Gasteiger partial charge in [0.1, 0.15) is 5.76 Å². The molecule has 2 aromatic carbocycles. The van der Waals surface area contributed by atoms with E-state index in [-0.39, 0.29) is 23.0 Å². The third-order valence-electron chi connectivity index (χ3n) is 3.32. The van der Waals surface area contributed by atoms with Gasteiger partial charge >= 0.3 is 0 Å². The third-order valence-corrected chi connectivity index (χ3v) is 3.32. The third kappa shape index (κ3) is 2.33. The number of methoxy groups -OCH3 is 1. The minimum atomic E-state index is -0.256. The summed E-state index contributed by atoms with van der Waals surface area (Å²) in [5.74, 6) is 0.873. The van der Waals surface area contributed by atoms with E-state index in [2.05, 4.69) is 0 Å². The predicted octanol–water partition coefficient (Wildman–Crippen LogP) is 2.79. The van der Waals surface area contributed by atoms with Gasteiger partial charge in [-0.3, -0.25) is 0 Å². The Morgan fingerprint density at radius 2 is 1.90 bits per heavy atom. The number of allylic oxidation sites excluding steroid dienone is 1. The topological polar surface area (TPSA) is 79.2 Å². The lowest BCUT2D eigenvalue weighted by Crippen LogP contribution is -1.89. The summed E-state index contributed by atoms with van der Waals surface area (Å²) in [5.41, 5.74) is 1.55. The fourth-order valence-corrected chi connectivity index (χ4v) is 2.27. The van der Waals surface area contributed by atoms with E-state index in [0.29, 0.717) is 17.9 Å². The van der Waals surface area contributed by atoms with Gasteiger partial charge in [0, 0.05) is 12.0 Å². The van der Waals surface area contributed by atoms with Crippen molar-refractivity contribution < 1.29 is 24.8 Å². The van der Waals surface area contributed by atoms with Crippen molar-refractivity contribution >= 4 is 6.08 Å². The Balaban J connectivity index is 1.90. The van der Waals surface area contributed by atoms with Crippen LogP contribution < -0.4 is 9.47 Å². The molecule has 0 radical (unpaired) electrons. The molecule has 0 aromatic heterocycles. The van der Waals surface area contributed by atoms with Gasteiger partial charge in [0.05, 0.1) is 7.11 Å². The lowest BCUT2D eigenvalue weighted by Gasteiger charge is -2.05. The van der Waals surface area contributed by atoms with Crippen LogP contribution in [0.25, 0.3) is 6.08 Å². The first-order valence-corrected chi connectivity index (χ1v) is 6.37. The van der Waals surface area contributed by atoms with Crippen molar-refractivity contribution in [3.63, 3.8) is 0 Å². The quantitative estimate of drug-likeness (QED) is 0.740. The average Bonchev–Trinajstić information content (AvgIpc) is 2.87. The zero-order chi connectivity index (χ0) is 15.0. The highest BCUT2D eigenvalue weighted by Gasteiger charge is 2.23. The van der Waals surface area contributed by atoms with Crippen LogP contribution in [0.5, 0.6) is 28.7 Å². The van der Waals surface area contributed by atoms with Gasteiger partial charge in [0.25, 0.3) is 0 Å². The Labute approximate surface area is 121 Å². The first-order valence-electron chi connectivity index (χ1n) is 6.37. The Kier molecular flexibility index (Phi) is 3.10. The molecule has 5 nitrogen and oxygen atoms in total. The maximum Gasteiger partial charge on any atom is 0.201 e. The van der Waals surface area contributed by atoms with Gasteiger partial charge in [-0.25, -0.2) is 0 Å². The van der Waals surface area contributed by atoms with Gasteiger partial charge in [0.15, 0.2) is 23.0 Å². The lowest BCUT2D eigenvalue weighted by molar-refractivity contribution is 0.368. The first-order chi connectivity index (χ1) is 10.1. The average molecular weight is 286 g/mol. The SMILES string of the molecule is COc1ccc(/C=C2/Cc3ccc(O)c(O)c3O2)cc1O. The number of phenolic OH excluding ortho intramolecular Hbond substituents is 3. The molecule has 0 bridgehead atoms. The standard InChI is InChI=1S/C16H14O5/c1-20-14-5-2-9(7-13(14)18)6-11-8-10-3-4-12(17)15(19)16(10)21-11/h2-7,17-19H,8H2,1H3/b11-6-. The molecule has 2 aromatic rings. The second-order valence-corrected chi connectivity index (χ2v) is 4.74. The van der Waals surface area contributed by atoms with E-state index in [1.54, 1.807) is 30.3 Å². The lowest BCUT2D eigenvalue weighted by atomic mass is 10.1. The molecule has 0 saturated carbocycles. The number of aromatic hydroxyl groups is 3. The molecule has 0 unspecified atom stereocenters. The maximum atomic E-state index is 9.76. The molecular weight excluding hydrogens is 272 g/mol. The van der Waals surface area contributed by atoms with Crippen LogP contribution in [0.15, 0.2) is 36.1 Å². The van der Waals surface area contributed by atoms with Crippen LogP contribution in [0.4, 0.5) is 0 Å². The summed E-state index contributed by atoms with van der Waals surface area (Å²) in [6.45, 7) is 0. The summed E-state index contributed by atoms with van der Waals surface area (Å²) in [7, 11) is 1.49. The number of hydrogen-bond donors (Lipinski definition) is 3. The Hall–Kier alpha value is -2.82. The fourth-order valence-electron chi connectivity index (χ4n) is 2.27. The zero-order valence-corrected chi connectivity index (χ0v) is 11.3. The predicted molar refractivity (Wildman–Crippen MR) is 76.7 cm³/mol. The Bertz CT molecular complexity index is 734. The number of benzene rings is 2. The molecule has 3 N–H and O–H groups in total. The molecule has 1 aliphatic heterocycles. The highest BCUT2D eigenvalue weighted by Crippen LogP contribution is 2.44. The highest BCUT2D eigenvalue weighted by molar-refractivity contribution is 5.63. The molecule has 0 atom stereocenters. The molecule has 0 fully saturated rings. The van der Waals surface area contributed by atoms with Crippen LogP contribution in [0.2, 0.25) is 0 Å². The van der Waals surface area contributed by atoms with E-state index in [9.17, 15) is 15.3 Å². The van der Waals surface area contributed by atoms with Crippen LogP contribution in [-0.4, -0.2) is 22.4 Å². The van der Waals surface area contributed by atoms with Crippen molar-refractivity contribution in [1.29, 1.82) is 0 Å². The fraction of sp³-hybridized carbons (Fsp3) is 0.125. The summed E-state index contributed by atoms with van der Waals surface area (Å²) in [5, 5.41) is 29.0. The van der Waals surface area contributed by atoms with E-state index in [1.807, 2.05) is 0 Å². The molecule has 0 saturated heterocycles. The van der Waals surface area contributed by atoms with E-state index in [0.717, 1.165) is 11.1 Å². The van der Waals surface area contributed by atoms with E-state index < -0.39 is 0 Å². The number of phenols is 3. The molecule has 3 rings (SSSR count). The summed E-state index contributed by atoms with van der Waals surface area (Å²) < 4.78 is 10.5. The van der Waals surface area contributed by atoms with Crippen molar-refractivity contribution in [1.82, 2.24) is 0 Å². The molecule has 5 heteroatoms. The van der Waals surface area contributed by atoms with E-state index >= 15 is 0 Å². The molecule has 1 aliphatic rings. The van der Waals surface area contributed by atoms with Gasteiger partial charge in [-0.15, -0.1) is 0 Å². The minimum absolute atomic E-state index is 0.0443. The van der Waals surface area contributed by atoms with Crippen LogP contribution in [-0.2, 0) is 6.42 Å². The smallest absolute Gasteiger partial charge is 0.201 e. The van der Waals surface area contributed by atoms with Gasteiger partial charge < -0.3 is 24.8 Å². The van der Waals surface area contributed by atoms with Crippen LogP contribution in [0, 0.1) is 0 Å². The van der Waals surface area contributed by atoms with Crippen LogP contribution in [0.3, 0.4) is 0 Å². The van der Waals surface area contributed by atoms with E-state index in [1.165, 1.54) is 13.2 Å². The number of rotatable bonds is 2. The number of fused-ring (bicyclic) bond motifs is 1. The summed E-state index contributed by atoms with van der Waals surface area (Å²) in [4.78, 5) is 0. The first kappa shape index (κ1) is 13.2. The molecular formula is C16H14O5. The highest BCUT2D eigenvalue weighted by atomic mass is 16.5. The van der Waals surface area contributed by atoms with E-state index in [4.69, 9.17) is 9.47 Å². The van der Waals surface area contributed by atoms with Crippen molar-refractivity contribution in [2.75, 3.05) is 7.11 Å². The van der Waals surface area contributed by atoms with Crippen LogP contribution >= 0.6 is 0 Å². The monoisotopic (exact) mass is 286 g/mol. The molecule has 0 amide bonds. The second kappa shape index (κ2) is 4.94. The Morgan fingerprint density at radius 3 is 2.62 bits per heavy atom. The number of hydrogen-bond acceptors (Lipinski definition) is 5. The molecule has 21 heavy (non-hydrogen) atoms. The number of ether oxygens (including phenoxy) is 2. The molecule has 0 spiro atoms. The van der Waals surface area contributed by atoms with Gasteiger partial charge in [-0.2, -0.15) is 0 Å². The van der Waals surface area contributed by atoms with Gasteiger partial charge in [0.2, 0.25) is 5.75 Å². The molecule has 1 heterocycles. The molecule has 108 valence electrons. The van der Waals surface area contributed by atoms with Crippen molar-refractivity contribution in [3.05, 3.63) is 47.2 Å².